The molecule has 18 heavy (non-hydrogen) atoms. The minimum absolute atomic E-state index is 0.237. The first-order valence-electron chi connectivity index (χ1n) is 5.37. The number of carbonyl (C=O) groups excluding carboxylic acids is 1. The van der Waals surface area contributed by atoms with Gasteiger partial charge in [0.25, 0.3) is 5.91 Å². The molecule has 0 atom stereocenters. The second-order valence-electron chi connectivity index (χ2n) is 3.60. The van der Waals surface area contributed by atoms with Gasteiger partial charge in [-0.05, 0) is 24.4 Å². The Hall–Kier alpha value is -2.14. The summed E-state index contributed by atoms with van der Waals surface area (Å²) in [4.78, 5) is 11.5. The Labute approximate surface area is 110 Å². The molecule has 0 saturated carbocycles. The van der Waals surface area contributed by atoms with Crippen molar-refractivity contribution >= 4 is 29.3 Å². The van der Waals surface area contributed by atoms with Gasteiger partial charge in [0, 0.05) is 5.56 Å². The summed E-state index contributed by atoms with van der Waals surface area (Å²) in [6.07, 6.45) is 3.37. The fourth-order valence-electron chi connectivity index (χ4n) is 1.52. The molecular weight excluding hydrogens is 248 g/mol. The highest BCUT2D eigenvalue weighted by atomic mass is 32.1. The van der Waals surface area contributed by atoms with E-state index in [1.165, 1.54) is 0 Å². The summed E-state index contributed by atoms with van der Waals surface area (Å²) in [6.45, 7) is 4.01. The van der Waals surface area contributed by atoms with Crippen molar-refractivity contribution in [1.82, 2.24) is 10.6 Å². The number of ether oxygens (including phenoxy) is 1. The van der Waals surface area contributed by atoms with Gasteiger partial charge in [0.2, 0.25) is 0 Å². The van der Waals surface area contributed by atoms with Crippen molar-refractivity contribution in [3.63, 3.8) is 0 Å². The zero-order valence-corrected chi connectivity index (χ0v) is 10.4. The number of carbonyl (C=O) groups is 1. The van der Waals surface area contributed by atoms with Crippen LogP contribution in [-0.4, -0.2) is 17.6 Å². The normalized spacial score (nSPS) is 16.3. The lowest BCUT2D eigenvalue weighted by Gasteiger charge is -2.07. The number of rotatable bonds is 4. The van der Waals surface area contributed by atoms with Crippen LogP contribution in [0.5, 0.6) is 5.75 Å². The van der Waals surface area contributed by atoms with E-state index in [4.69, 9.17) is 17.0 Å². The maximum absolute atomic E-state index is 11.5. The van der Waals surface area contributed by atoms with Gasteiger partial charge >= 0.3 is 0 Å². The van der Waals surface area contributed by atoms with E-state index in [0.717, 1.165) is 5.56 Å². The highest BCUT2D eigenvalue weighted by molar-refractivity contribution is 7.80. The lowest BCUT2D eigenvalue weighted by Crippen LogP contribution is -2.21. The van der Waals surface area contributed by atoms with E-state index in [1.54, 1.807) is 12.2 Å². The molecule has 1 aliphatic heterocycles. The third-order valence-corrected chi connectivity index (χ3v) is 2.50. The molecule has 1 aromatic carbocycles. The molecule has 1 aromatic rings. The van der Waals surface area contributed by atoms with E-state index in [2.05, 4.69) is 17.2 Å². The standard InChI is InChI=1S/C13H12N2O2S/c1-2-7-17-11-6-4-3-5-9(11)8-10-12(16)15-13(18)14-10/h2-6,8H,1,7H2,(H2,14,15,16,18)/b10-8-. The highest BCUT2D eigenvalue weighted by Gasteiger charge is 2.20. The number of benzene rings is 1. The lowest BCUT2D eigenvalue weighted by molar-refractivity contribution is -0.115. The highest BCUT2D eigenvalue weighted by Crippen LogP contribution is 2.21. The van der Waals surface area contributed by atoms with Crippen LogP contribution in [0.1, 0.15) is 5.56 Å². The van der Waals surface area contributed by atoms with Gasteiger partial charge in [-0.3, -0.25) is 10.1 Å². The second-order valence-corrected chi connectivity index (χ2v) is 4.01. The quantitative estimate of drug-likeness (QED) is 0.490. The number of hydrogen-bond acceptors (Lipinski definition) is 3. The smallest absolute Gasteiger partial charge is 0.273 e. The molecule has 2 rings (SSSR count). The second kappa shape index (κ2) is 5.46. The van der Waals surface area contributed by atoms with Gasteiger partial charge in [0.05, 0.1) is 0 Å². The molecule has 1 amide bonds. The molecule has 0 bridgehead atoms. The van der Waals surface area contributed by atoms with E-state index in [-0.39, 0.29) is 5.91 Å². The number of para-hydroxylation sites is 1. The van der Waals surface area contributed by atoms with Crippen molar-refractivity contribution in [3.05, 3.63) is 48.2 Å². The Bertz CT molecular complexity index is 538. The van der Waals surface area contributed by atoms with Crippen molar-refractivity contribution < 1.29 is 9.53 Å². The third-order valence-electron chi connectivity index (χ3n) is 2.30. The third kappa shape index (κ3) is 2.75. The fourth-order valence-corrected chi connectivity index (χ4v) is 1.72. The van der Waals surface area contributed by atoms with Crippen LogP contribution in [0, 0.1) is 0 Å². The molecule has 0 aromatic heterocycles. The Balaban J connectivity index is 2.28. The molecule has 0 unspecified atom stereocenters. The van der Waals surface area contributed by atoms with Crippen molar-refractivity contribution in [2.45, 2.75) is 0 Å². The van der Waals surface area contributed by atoms with Crippen LogP contribution in [0.2, 0.25) is 0 Å². The Kier molecular flexibility index (Phi) is 3.74. The maximum atomic E-state index is 11.5. The molecule has 4 nitrogen and oxygen atoms in total. The molecule has 1 saturated heterocycles. The van der Waals surface area contributed by atoms with Crippen LogP contribution in [-0.2, 0) is 4.79 Å². The van der Waals surface area contributed by atoms with E-state index >= 15 is 0 Å². The first kappa shape index (κ1) is 12.3. The molecule has 0 aliphatic carbocycles. The van der Waals surface area contributed by atoms with E-state index in [1.807, 2.05) is 24.3 Å². The molecule has 1 fully saturated rings. The number of thiocarbonyl (C=S) groups is 1. The summed E-state index contributed by atoms with van der Waals surface area (Å²) < 4.78 is 5.50. The molecule has 5 heteroatoms. The van der Waals surface area contributed by atoms with Crippen LogP contribution in [0.3, 0.4) is 0 Å². The molecule has 0 spiro atoms. The summed E-state index contributed by atoms with van der Waals surface area (Å²) in [5.74, 6) is 0.454. The number of hydrogen-bond donors (Lipinski definition) is 2. The lowest BCUT2D eigenvalue weighted by atomic mass is 10.1. The van der Waals surface area contributed by atoms with Crippen molar-refractivity contribution in [3.8, 4) is 5.75 Å². The molecule has 1 heterocycles. The van der Waals surface area contributed by atoms with E-state index in [0.29, 0.717) is 23.2 Å². The maximum Gasteiger partial charge on any atom is 0.273 e. The summed E-state index contributed by atoms with van der Waals surface area (Å²) in [5, 5.41) is 5.61. The molecular formula is C13H12N2O2S. The first-order valence-corrected chi connectivity index (χ1v) is 5.78. The number of nitrogens with one attached hydrogen (secondary N) is 2. The predicted octanol–water partition coefficient (Wildman–Crippen LogP) is 1.60. The van der Waals surface area contributed by atoms with Crippen LogP contribution in [0.15, 0.2) is 42.6 Å². The molecule has 1 aliphatic rings. The first-order chi connectivity index (χ1) is 8.70. The average Bonchev–Trinajstić information content (AvgIpc) is 2.67. The zero-order valence-electron chi connectivity index (χ0n) is 9.60. The van der Waals surface area contributed by atoms with E-state index in [9.17, 15) is 4.79 Å². The Morgan fingerprint density at radius 2 is 2.11 bits per heavy atom. The van der Waals surface area contributed by atoms with Gasteiger partial charge < -0.3 is 10.1 Å². The molecule has 0 radical (unpaired) electrons. The minimum atomic E-state index is -0.237. The summed E-state index contributed by atoms with van der Waals surface area (Å²) in [6, 6.07) is 7.44. The molecule has 2 N–H and O–H groups in total. The van der Waals surface area contributed by atoms with Gasteiger partial charge in [-0.25, -0.2) is 0 Å². The summed E-state index contributed by atoms with van der Waals surface area (Å²) in [7, 11) is 0. The summed E-state index contributed by atoms with van der Waals surface area (Å²) in [5.41, 5.74) is 1.22. The van der Waals surface area contributed by atoms with Crippen LogP contribution >= 0.6 is 12.2 Å². The topological polar surface area (TPSA) is 50.4 Å². The van der Waals surface area contributed by atoms with Crippen molar-refractivity contribution in [1.29, 1.82) is 0 Å². The van der Waals surface area contributed by atoms with Gasteiger partial charge in [-0.1, -0.05) is 30.9 Å². The average molecular weight is 260 g/mol. The van der Waals surface area contributed by atoms with Gasteiger partial charge in [0.1, 0.15) is 18.1 Å². The molecule has 92 valence electrons. The van der Waals surface area contributed by atoms with Gasteiger partial charge in [-0.15, -0.1) is 0 Å². The van der Waals surface area contributed by atoms with Crippen LogP contribution in [0.25, 0.3) is 6.08 Å². The van der Waals surface area contributed by atoms with Gasteiger partial charge in [0.15, 0.2) is 5.11 Å². The van der Waals surface area contributed by atoms with Crippen molar-refractivity contribution in [2.75, 3.05) is 6.61 Å². The fraction of sp³-hybridized carbons (Fsp3) is 0.0769. The summed E-state index contributed by atoms with van der Waals surface area (Å²) >= 11 is 4.86. The SMILES string of the molecule is C=CCOc1ccccc1/C=C1\NC(=S)NC1=O. The van der Waals surface area contributed by atoms with Crippen LogP contribution < -0.4 is 15.4 Å². The monoisotopic (exact) mass is 260 g/mol. The Morgan fingerprint density at radius 3 is 2.78 bits per heavy atom. The van der Waals surface area contributed by atoms with Crippen molar-refractivity contribution in [2.24, 2.45) is 0 Å². The number of amides is 1. The van der Waals surface area contributed by atoms with Crippen LogP contribution in [0.4, 0.5) is 0 Å². The Morgan fingerprint density at radius 1 is 1.33 bits per heavy atom. The predicted molar refractivity (Wildman–Crippen MR) is 74.0 cm³/mol. The minimum Gasteiger partial charge on any atom is -0.489 e. The largest absolute Gasteiger partial charge is 0.489 e. The zero-order chi connectivity index (χ0) is 13.0. The van der Waals surface area contributed by atoms with E-state index < -0.39 is 0 Å². The van der Waals surface area contributed by atoms with Gasteiger partial charge in [-0.2, -0.15) is 0 Å².